The van der Waals surface area contributed by atoms with E-state index < -0.39 is 0 Å². The molecule has 0 aliphatic carbocycles. The van der Waals surface area contributed by atoms with E-state index in [1.165, 1.54) is 30.4 Å². The second kappa shape index (κ2) is 5.25. The fraction of sp³-hybridized carbons (Fsp3) is 0.562. The van der Waals surface area contributed by atoms with Gasteiger partial charge in [-0.1, -0.05) is 0 Å². The molecule has 2 aliphatic heterocycles. The molecule has 0 unspecified atom stereocenters. The Hall–Kier alpha value is -2.13. The van der Waals surface area contributed by atoms with Gasteiger partial charge in [0.05, 0.1) is 5.56 Å². The molecule has 0 radical (unpaired) electrons. The zero-order chi connectivity index (χ0) is 15.1. The summed E-state index contributed by atoms with van der Waals surface area (Å²) in [5, 5.41) is 18.3. The first kappa shape index (κ1) is 13.5. The van der Waals surface area contributed by atoms with Crippen molar-refractivity contribution in [3.05, 3.63) is 23.0 Å². The molecule has 2 aliphatic rings. The van der Waals surface area contributed by atoms with Gasteiger partial charge in [-0.05, 0) is 38.3 Å². The first-order valence-electron chi connectivity index (χ1n) is 8.00. The SMILES string of the molecule is CN1CCc2c(C#N)c(N3CCCCC3)n3cnnc3c2C1. The van der Waals surface area contributed by atoms with Crippen molar-refractivity contribution in [2.75, 3.05) is 31.6 Å². The van der Waals surface area contributed by atoms with E-state index in [4.69, 9.17) is 0 Å². The molecule has 0 aromatic carbocycles. The van der Waals surface area contributed by atoms with E-state index in [1.807, 2.05) is 4.40 Å². The quantitative estimate of drug-likeness (QED) is 0.799. The van der Waals surface area contributed by atoms with Crippen LogP contribution in [0.25, 0.3) is 5.65 Å². The predicted octanol–water partition coefficient (Wildman–Crippen LogP) is 1.58. The van der Waals surface area contributed by atoms with Crippen LogP contribution in [-0.2, 0) is 13.0 Å². The van der Waals surface area contributed by atoms with Crippen molar-refractivity contribution < 1.29 is 0 Å². The monoisotopic (exact) mass is 296 g/mol. The first-order chi connectivity index (χ1) is 10.8. The van der Waals surface area contributed by atoms with Crippen molar-refractivity contribution in [3.63, 3.8) is 0 Å². The van der Waals surface area contributed by atoms with Crippen molar-refractivity contribution in [2.24, 2.45) is 0 Å². The molecule has 0 saturated carbocycles. The van der Waals surface area contributed by atoms with Crippen molar-refractivity contribution >= 4 is 11.5 Å². The highest BCUT2D eigenvalue weighted by Gasteiger charge is 2.27. The van der Waals surface area contributed by atoms with E-state index in [0.717, 1.165) is 49.6 Å². The third-order valence-electron chi connectivity index (χ3n) is 4.87. The standard InChI is InChI=1S/C16H20N6/c1-20-8-5-12-13(9-17)16(21-6-3-2-4-7-21)22-11-18-19-15(22)14(12)10-20/h11H,2-8,10H2,1H3. The van der Waals surface area contributed by atoms with Crippen LogP contribution in [0.2, 0.25) is 0 Å². The second-order valence-electron chi connectivity index (χ2n) is 6.33. The number of pyridine rings is 1. The molecule has 6 heteroatoms. The minimum Gasteiger partial charge on any atom is -0.357 e. The molecule has 0 bridgehead atoms. The Labute approximate surface area is 130 Å². The van der Waals surface area contributed by atoms with Gasteiger partial charge in [0, 0.05) is 31.7 Å². The summed E-state index contributed by atoms with van der Waals surface area (Å²) < 4.78 is 2.03. The van der Waals surface area contributed by atoms with Gasteiger partial charge in [0.1, 0.15) is 18.2 Å². The molecule has 4 rings (SSSR count). The maximum absolute atomic E-state index is 9.82. The van der Waals surface area contributed by atoms with Gasteiger partial charge in [-0.15, -0.1) is 10.2 Å². The zero-order valence-corrected chi connectivity index (χ0v) is 12.9. The van der Waals surface area contributed by atoms with Crippen molar-refractivity contribution in [1.29, 1.82) is 5.26 Å². The number of rotatable bonds is 1. The molecular formula is C16H20N6. The van der Waals surface area contributed by atoms with E-state index in [0.29, 0.717) is 0 Å². The van der Waals surface area contributed by atoms with Gasteiger partial charge in [-0.25, -0.2) is 0 Å². The van der Waals surface area contributed by atoms with Crippen LogP contribution >= 0.6 is 0 Å². The summed E-state index contributed by atoms with van der Waals surface area (Å²) in [6, 6.07) is 2.48. The van der Waals surface area contributed by atoms with Gasteiger partial charge in [0.15, 0.2) is 5.65 Å². The van der Waals surface area contributed by atoms with Crippen LogP contribution in [0.15, 0.2) is 6.33 Å². The summed E-state index contributed by atoms with van der Waals surface area (Å²) in [6.45, 7) is 3.86. The van der Waals surface area contributed by atoms with E-state index in [-0.39, 0.29) is 0 Å². The minimum absolute atomic E-state index is 0.831. The Morgan fingerprint density at radius 1 is 1.14 bits per heavy atom. The summed E-state index contributed by atoms with van der Waals surface area (Å²) in [5.41, 5.74) is 4.10. The van der Waals surface area contributed by atoms with E-state index in [9.17, 15) is 5.26 Å². The summed E-state index contributed by atoms with van der Waals surface area (Å²) >= 11 is 0. The molecule has 22 heavy (non-hydrogen) atoms. The summed E-state index contributed by atoms with van der Waals surface area (Å²) in [7, 11) is 2.11. The summed E-state index contributed by atoms with van der Waals surface area (Å²) in [6.07, 6.45) is 6.33. The van der Waals surface area contributed by atoms with Crippen LogP contribution in [0.1, 0.15) is 36.0 Å². The van der Waals surface area contributed by atoms with Gasteiger partial charge in [0.25, 0.3) is 0 Å². The first-order valence-corrected chi connectivity index (χ1v) is 8.00. The number of nitriles is 1. The number of hydrogen-bond donors (Lipinski definition) is 0. The van der Waals surface area contributed by atoms with Crippen LogP contribution in [0.5, 0.6) is 0 Å². The molecule has 2 aromatic heterocycles. The zero-order valence-electron chi connectivity index (χ0n) is 12.9. The smallest absolute Gasteiger partial charge is 0.167 e. The van der Waals surface area contributed by atoms with Crippen LogP contribution in [0, 0.1) is 11.3 Å². The van der Waals surface area contributed by atoms with Gasteiger partial charge >= 0.3 is 0 Å². The van der Waals surface area contributed by atoms with Gasteiger partial charge < -0.3 is 9.80 Å². The number of piperidine rings is 1. The van der Waals surface area contributed by atoms with E-state index in [1.54, 1.807) is 6.33 Å². The Morgan fingerprint density at radius 2 is 1.95 bits per heavy atom. The number of aromatic nitrogens is 3. The molecule has 0 atom stereocenters. The Bertz CT molecular complexity index is 750. The number of anilines is 1. The third-order valence-corrected chi connectivity index (χ3v) is 4.87. The molecule has 0 amide bonds. The van der Waals surface area contributed by atoms with Crippen molar-refractivity contribution in [1.82, 2.24) is 19.5 Å². The highest BCUT2D eigenvalue weighted by Crippen LogP contribution is 2.33. The highest BCUT2D eigenvalue weighted by atomic mass is 15.3. The second-order valence-corrected chi connectivity index (χ2v) is 6.33. The molecule has 2 aromatic rings. The van der Waals surface area contributed by atoms with Gasteiger partial charge in [-0.3, -0.25) is 4.40 Å². The third kappa shape index (κ3) is 1.97. The molecule has 114 valence electrons. The molecular weight excluding hydrogens is 276 g/mol. The van der Waals surface area contributed by atoms with Gasteiger partial charge in [0.2, 0.25) is 0 Å². The largest absolute Gasteiger partial charge is 0.357 e. The average molecular weight is 296 g/mol. The van der Waals surface area contributed by atoms with Crippen LogP contribution in [0.4, 0.5) is 5.82 Å². The van der Waals surface area contributed by atoms with E-state index >= 15 is 0 Å². The molecule has 1 fully saturated rings. The van der Waals surface area contributed by atoms with Crippen LogP contribution < -0.4 is 4.90 Å². The van der Waals surface area contributed by atoms with Crippen molar-refractivity contribution in [2.45, 2.75) is 32.2 Å². The lowest BCUT2D eigenvalue weighted by Crippen LogP contribution is -2.34. The number of hydrogen-bond acceptors (Lipinski definition) is 5. The fourth-order valence-corrected chi connectivity index (χ4v) is 3.76. The number of fused-ring (bicyclic) bond motifs is 3. The molecule has 6 nitrogen and oxygen atoms in total. The summed E-state index contributed by atoms with van der Waals surface area (Å²) in [5.74, 6) is 1.01. The van der Waals surface area contributed by atoms with Gasteiger partial charge in [-0.2, -0.15) is 5.26 Å². The topological polar surface area (TPSA) is 60.5 Å². The molecule has 0 spiro atoms. The Kier molecular flexibility index (Phi) is 3.23. The number of nitrogens with zero attached hydrogens (tertiary/aromatic N) is 6. The van der Waals surface area contributed by atoms with Crippen molar-refractivity contribution in [3.8, 4) is 6.07 Å². The average Bonchev–Trinajstić information content (AvgIpc) is 3.04. The lowest BCUT2D eigenvalue weighted by molar-refractivity contribution is 0.313. The Balaban J connectivity index is 1.98. The number of likely N-dealkylation sites (N-methyl/N-ethyl adjacent to an activating group) is 1. The maximum atomic E-state index is 9.82. The fourth-order valence-electron chi connectivity index (χ4n) is 3.76. The molecule has 1 saturated heterocycles. The lowest BCUT2D eigenvalue weighted by Gasteiger charge is -2.33. The lowest BCUT2D eigenvalue weighted by atomic mass is 9.95. The van der Waals surface area contributed by atoms with E-state index in [2.05, 4.69) is 33.1 Å². The molecule has 4 heterocycles. The minimum atomic E-state index is 0.831. The van der Waals surface area contributed by atoms with Crippen LogP contribution in [-0.4, -0.2) is 46.2 Å². The highest BCUT2D eigenvalue weighted by molar-refractivity contribution is 5.69. The van der Waals surface area contributed by atoms with Crippen LogP contribution in [0.3, 0.4) is 0 Å². The summed E-state index contributed by atoms with van der Waals surface area (Å²) in [4.78, 5) is 4.62. The normalized spacial score (nSPS) is 19.2. The predicted molar refractivity (Wildman–Crippen MR) is 83.8 cm³/mol. The maximum Gasteiger partial charge on any atom is 0.167 e. The molecule has 0 N–H and O–H groups in total. The Morgan fingerprint density at radius 3 is 2.73 bits per heavy atom.